The number of hydrogen-bond donors (Lipinski definition) is 1. The highest BCUT2D eigenvalue weighted by Crippen LogP contribution is 2.38. The highest BCUT2D eigenvalue weighted by molar-refractivity contribution is 9.10. The van der Waals surface area contributed by atoms with E-state index in [1.54, 1.807) is 0 Å². The van der Waals surface area contributed by atoms with Crippen LogP contribution in [0.4, 0.5) is 5.82 Å². The Balaban J connectivity index is 1.62. The maximum Gasteiger partial charge on any atom is 0.135 e. The third-order valence-corrected chi connectivity index (χ3v) is 4.50. The normalized spacial score (nSPS) is 24.4. The molecule has 104 valence electrons. The molecular formula is C14H21BrN4. The molecule has 1 unspecified atom stereocenters. The van der Waals surface area contributed by atoms with Crippen LogP contribution in [-0.2, 0) is 0 Å². The minimum atomic E-state index is 0.593. The Bertz CT molecular complexity index is 447. The van der Waals surface area contributed by atoms with Crippen LogP contribution in [0.2, 0.25) is 0 Å². The lowest BCUT2D eigenvalue weighted by Crippen LogP contribution is -2.40. The second kappa shape index (κ2) is 5.75. The molecule has 2 heterocycles. The van der Waals surface area contributed by atoms with E-state index in [-0.39, 0.29) is 0 Å². The van der Waals surface area contributed by atoms with Gasteiger partial charge in [-0.3, -0.25) is 0 Å². The van der Waals surface area contributed by atoms with Crippen LogP contribution < -0.4 is 5.32 Å². The largest absolute Gasteiger partial charge is 0.368 e. The molecule has 0 bridgehead atoms. The Morgan fingerprint density at radius 1 is 1.32 bits per heavy atom. The second-order valence-electron chi connectivity index (χ2n) is 5.72. The van der Waals surface area contributed by atoms with Crippen molar-refractivity contribution in [2.75, 3.05) is 25.5 Å². The molecule has 1 aliphatic carbocycles. The minimum Gasteiger partial charge on any atom is -0.368 e. The van der Waals surface area contributed by atoms with Crippen molar-refractivity contribution in [2.24, 2.45) is 0 Å². The lowest BCUT2D eigenvalue weighted by Gasteiger charge is -2.32. The van der Waals surface area contributed by atoms with Gasteiger partial charge in [0.15, 0.2) is 0 Å². The Morgan fingerprint density at radius 2 is 2.16 bits per heavy atom. The van der Waals surface area contributed by atoms with E-state index in [2.05, 4.69) is 43.2 Å². The summed E-state index contributed by atoms with van der Waals surface area (Å²) in [6.07, 6.45) is 6.43. The summed E-state index contributed by atoms with van der Waals surface area (Å²) in [5, 5.41) is 3.49. The third kappa shape index (κ3) is 3.45. The van der Waals surface area contributed by atoms with Crippen LogP contribution >= 0.6 is 15.9 Å². The van der Waals surface area contributed by atoms with Gasteiger partial charge < -0.3 is 10.2 Å². The Labute approximate surface area is 123 Å². The van der Waals surface area contributed by atoms with E-state index >= 15 is 0 Å². The Kier molecular flexibility index (Phi) is 4.03. The van der Waals surface area contributed by atoms with Crippen LogP contribution in [-0.4, -0.2) is 41.0 Å². The molecule has 1 aliphatic heterocycles. The number of hydrogen-bond acceptors (Lipinski definition) is 4. The number of nitrogens with one attached hydrogen (secondary N) is 1. The molecule has 2 aliphatic rings. The van der Waals surface area contributed by atoms with Crippen LogP contribution in [0.5, 0.6) is 0 Å². The van der Waals surface area contributed by atoms with Crippen LogP contribution in [0, 0.1) is 0 Å². The van der Waals surface area contributed by atoms with Crippen molar-refractivity contribution < 1.29 is 0 Å². The first-order valence-corrected chi connectivity index (χ1v) is 8.00. The average Bonchev–Trinajstić information content (AvgIpc) is 3.21. The quantitative estimate of drug-likeness (QED) is 0.864. The van der Waals surface area contributed by atoms with Crippen LogP contribution in [0.1, 0.15) is 43.8 Å². The zero-order chi connectivity index (χ0) is 13.2. The predicted molar refractivity (Wildman–Crippen MR) is 80.5 cm³/mol. The summed E-state index contributed by atoms with van der Waals surface area (Å²) >= 11 is 3.49. The van der Waals surface area contributed by atoms with Gasteiger partial charge in [-0.1, -0.05) is 6.42 Å². The molecule has 1 aromatic heterocycles. The molecule has 1 atom stereocenters. The molecule has 5 heteroatoms. The number of likely N-dealkylation sites (N-methyl/N-ethyl adjacent to an activating group) is 1. The standard InChI is InChI=1S/C14H21BrN4/c1-19-7-3-2-4-11(19)9-16-13-8-12(15)17-14(18-13)10-5-6-10/h8,10-11H,2-7,9H2,1H3,(H,16,17,18). The molecule has 3 rings (SSSR count). The van der Waals surface area contributed by atoms with E-state index < -0.39 is 0 Å². The maximum atomic E-state index is 4.63. The van der Waals surface area contributed by atoms with Gasteiger partial charge in [0.05, 0.1) is 0 Å². The molecule has 0 radical (unpaired) electrons. The summed E-state index contributed by atoms with van der Waals surface area (Å²) in [6, 6.07) is 2.61. The first kappa shape index (κ1) is 13.3. The van der Waals surface area contributed by atoms with E-state index in [0.717, 1.165) is 22.8 Å². The maximum absolute atomic E-state index is 4.63. The van der Waals surface area contributed by atoms with Gasteiger partial charge in [-0.25, -0.2) is 9.97 Å². The molecule has 2 fully saturated rings. The summed E-state index contributed by atoms with van der Waals surface area (Å²) in [7, 11) is 2.22. The first-order chi connectivity index (χ1) is 9.22. The molecular weight excluding hydrogens is 304 g/mol. The van der Waals surface area contributed by atoms with Crippen LogP contribution in [0.3, 0.4) is 0 Å². The average molecular weight is 325 g/mol. The smallest absolute Gasteiger partial charge is 0.135 e. The van der Waals surface area contributed by atoms with E-state index in [1.807, 2.05) is 6.07 Å². The van der Waals surface area contributed by atoms with Gasteiger partial charge in [0.25, 0.3) is 0 Å². The van der Waals surface area contributed by atoms with Gasteiger partial charge in [-0.05, 0) is 55.2 Å². The van der Waals surface area contributed by atoms with Crippen molar-refractivity contribution >= 4 is 21.7 Å². The van der Waals surface area contributed by atoms with E-state index in [1.165, 1.54) is 38.6 Å². The first-order valence-electron chi connectivity index (χ1n) is 7.21. The van der Waals surface area contributed by atoms with Crippen molar-refractivity contribution in [3.05, 3.63) is 16.5 Å². The molecule has 1 saturated carbocycles. The monoisotopic (exact) mass is 324 g/mol. The lowest BCUT2D eigenvalue weighted by atomic mass is 10.0. The molecule has 19 heavy (non-hydrogen) atoms. The number of aromatic nitrogens is 2. The number of halogens is 1. The van der Waals surface area contributed by atoms with E-state index in [0.29, 0.717) is 12.0 Å². The van der Waals surface area contributed by atoms with Crippen molar-refractivity contribution in [1.29, 1.82) is 0 Å². The zero-order valence-electron chi connectivity index (χ0n) is 11.4. The minimum absolute atomic E-state index is 0.593. The topological polar surface area (TPSA) is 41.0 Å². The predicted octanol–water partition coefficient (Wildman–Crippen LogP) is 3.01. The summed E-state index contributed by atoms with van der Waals surface area (Å²) in [4.78, 5) is 11.5. The van der Waals surface area contributed by atoms with Crippen molar-refractivity contribution in [1.82, 2.24) is 14.9 Å². The number of piperidine rings is 1. The summed E-state index contributed by atoms with van der Waals surface area (Å²) in [6.45, 7) is 2.19. The van der Waals surface area contributed by atoms with Gasteiger partial charge in [0.1, 0.15) is 16.2 Å². The molecule has 0 aromatic carbocycles. The molecule has 0 spiro atoms. The molecule has 0 amide bonds. The van der Waals surface area contributed by atoms with Crippen molar-refractivity contribution in [3.63, 3.8) is 0 Å². The molecule has 1 aromatic rings. The molecule has 1 N–H and O–H groups in total. The number of anilines is 1. The number of likely N-dealkylation sites (tertiary alicyclic amines) is 1. The fraction of sp³-hybridized carbons (Fsp3) is 0.714. The van der Waals surface area contributed by atoms with Gasteiger partial charge in [-0.15, -0.1) is 0 Å². The number of nitrogens with zero attached hydrogens (tertiary/aromatic N) is 3. The second-order valence-corrected chi connectivity index (χ2v) is 6.53. The SMILES string of the molecule is CN1CCCCC1CNc1cc(Br)nc(C2CC2)n1. The van der Waals surface area contributed by atoms with E-state index in [4.69, 9.17) is 0 Å². The lowest BCUT2D eigenvalue weighted by molar-refractivity contribution is 0.194. The summed E-state index contributed by atoms with van der Waals surface area (Å²) in [5.74, 6) is 2.55. The van der Waals surface area contributed by atoms with Crippen LogP contribution in [0.25, 0.3) is 0 Å². The number of rotatable bonds is 4. The highest BCUT2D eigenvalue weighted by atomic mass is 79.9. The van der Waals surface area contributed by atoms with Crippen molar-refractivity contribution in [3.8, 4) is 0 Å². The fourth-order valence-electron chi connectivity index (χ4n) is 2.67. The molecule has 4 nitrogen and oxygen atoms in total. The van der Waals surface area contributed by atoms with E-state index in [9.17, 15) is 0 Å². The summed E-state index contributed by atoms with van der Waals surface area (Å²) < 4.78 is 0.892. The Morgan fingerprint density at radius 3 is 2.89 bits per heavy atom. The zero-order valence-corrected chi connectivity index (χ0v) is 13.0. The molecule has 1 saturated heterocycles. The highest BCUT2D eigenvalue weighted by Gasteiger charge is 2.27. The summed E-state index contributed by atoms with van der Waals surface area (Å²) in [5.41, 5.74) is 0. The van der Waals surface area contributed by atoms with Gasteiger partial charge >= 0.3 is 0 Å². The van der Waals surface area contributed by atoms with Crippen LogP contribution in [0.15, 0.2) is 10.7 Å². The van der Waals surface area contributed by atoms with Gasteiger partial charge in [0, 0.05) is 24.6 Å². The fourth-order valence-corrected chi connectivity index (χ4v) is 3.07. The van der Waals surface area contributed by atoms with Crippen molar-refractivity contribution in [2.45, 2.75) is 44.1 Å². The van der Waals surface area contributed by atoms with Gasteiger partial charge in [-0.2, -0.15) is 0 Å². The van der Waals surface area contributed by atoms with Gasteiger partial charge in [0.2, 0.25) is 0 Å². The Hall–Kier alpha value is -0.680. The third-order valence-electron chi connectivity index (χ3n) is 4.10.